The summed E-state index contributed by atoms with van der Waals surface area (Å²) in [5, 5.41) is 4.34. The Kier molecular flexibility index (Phi) is 3.99. The maximum Gasteiger partial charge on any atom is 0.0724 e. The van der Waals surface area contributed by atoms with Gasteiger partial charge >= 0.3 is 0 Å². The summed E-state index contributed by atoms with van der Waals surface area (Å²) in [5.41, 5.74) is 8.74. The topological polar surface area (TPSA) is 60.2 Å². The highest BCUT2D eigenvalue weighted by molar-refractivity contribution is 5.96. The summed E-state index contributed by atoms with van der Waals surface area (Å²) < 4.78 is 5.38. The minimum absolute atomic E-state index is 0.223. The lowest BCUT2D eigenvalue weighted by molar-refractivity contribution is 0.141. The first-order chi connectivity index (χ1) is 8.72. The molecule has 1 unspecified atom stereocenters. The van der Waals surface area contributed by atoms with Crippen LogP contribution in [-0.2, 0) is 4.74 Å². The molecular formula is C14H19N3O. The molecule has 18 heavy (non-hydrogen) atoms. The van der Waals surface area contributed by atoms with Crippen LogP contribution in [-0.4, -0.2) is 24.2 Å². The molecule has 1 aromatic heterocycles. The number of rotatable bonds is 5. The molecule has 0 aliphatic heterocycles. The van der Waals surface area contributed by atoms with Crippen molar-refractivity contribution in [1.82, 2.24) is 4.98 Å². The molecule has 0 aliphatic rings. The van der Waals surface area contributed by atoms with Gasteiger partial charge in [0.25, 0.3) is 0 Å². The van der Waals surface area contributed by atoms with Gasteiger partial charge in [0.05, 0.1) is 23.5 Å². The predicted octanol–water partition coefficient (Wildman–Crippen LogP) is 2.65. The van der Waals surface area contributed by atoms with Crippen LogP contribution < -0.4 is 11.1 Å². The summed E-state index contributed by atoms with van der Waals surface area (Å²) in [4.78, 5) is 4.28. The van der Waals surface area contributed by atoms with Crippen molar-refractivity contribution >= 4 is 22.3 Å². The van der Waals surface area contributed by atoms with Gasteiger partial charge in [0.1, 0.15) is 0 Å². The molecule has 0 saturated heterocycles. The number of benzene rings is 1. The van der Waals surface area contributed by atoms with Gasteiger partial charge in [-0.3, -0.25) is 4.98 Å². The standard InChI is InChI=1S/C14H19N3O/c1-3-18-9-10(2)17-13-7-6-12-11(14(13)15)5-4-8-16-12/h4-8,10,17H,3,9,15H2,1-2H3. The number of nitrogen functional groups attached to an aromatic ring is 1. The number of nitrogens with one attached hydrogen (secondary N) is 1. The van der Waals surface area contributed by atoms with Crippen molar-refractivity contribution < 1.29 is 4.74 Å². The van der Waals surface area contributed by atoms with E-state index in [-0.39, 0.29) is 6.04 Å². The summed E-state index contributed by atoms with van der Waals surface area (Å²) in [5.74, 6) is 0. The summed E-state index contributed by atoms with van der Waals surface area (Å²) in [6, 6.07) is 8.04. The van der Waals surface area contributed by atoms with Crippen LogP contribution in [0.5, 0.6) is 0 Å². The van der Waals surface area contributed by atoms with Crippen molar-refractivity contribution in [3.05, 3.63) is 30.5 Å². The largest absolute Gasteiger partial charge is 0.397 e. The van der Waals surface area contributed by atoms with Crippen molar-refractivity contribution in [3.63, 3.8) is 0 Å². The number of ether oxygens (including phenoxy) is 1. The Balaban J connectivity index is 2.21. The monoisotopic (exact) mass is 245 g/mol. The minimum atomic E-state index is 0.223. The molecular weight excluding hydrogens is 226 g/mol. The first-order valence-electron chi connectivity index (χ1n) is 6.20. The van der Waals surface area contributed by atoms with Gasteiger partial charge in [0.2, 0.25) is 0 Å². The molecule has 0 aliphatic carbocycles. The van der Waals surface area contributed by atoms with Crippen LogP contribution in [0.15, 0.2) is 30.5 Å². The van der Waals surface area contributed by atoms with E-state index in [1.165, 1.54) is 0 Å². The highest BCUT2D eigenvalue weighted by Gasteiger charge is 2.07. The van der Waals surface area contributed by atoms with E-state index < -0.39 is 0 Å². The lowest BCUT2D eigenvalue weighted by Gasteiger charge is -2.17. The Morgan fingerprint density at radius 1 is 1.39 bits per heavy atom. The van der Waals surface area contributed by atoms with Crippen LogP contribution in [0.25, 0.3) is 10.9 Å². The highest BCUT2D eigenvalue weighted by Crippen LogP contribution is 2.27. The molecule has 0 bridgehead atoms. The van der Waals surface area contributed by atoms with Crippen LogP contribution in [0.4, 0.5) is 11.4 Å². The van der Waals surface area contributed by atoms with Crippen LogP contribution in [0.1, 0.15) is 13.8 Å². The number of aromatic nitrogens is 1. The molecule has 4 heteroatoms. The van der Waals surface area contributed by atoms with Crippen molar-refractivity contribution in [2.45, 2.75) is 19.9 Å². The third kappa shape index (κ3) is 2.71. The van der Waals surface area contributed by atoms with Gasteiger partial charge in [-0.05, 0) is 38.1 Å². The van der Waals surface area contributed by atoms with E-state index in [1.807, 2.05) is 31.2 Å². The molecule has 2 aromatic rings. The van der Waals surface area contributed by atoms with Gasteiger partial charge in [0, 0.05) is 24.2 Å². The van der Waals surface area contributed by atoms with Crippen LogP contribution in [0.3, 0.4) is 0 Å². The molecule has 3 N–H and O–H groups in total. The van der Waals surface area contributed by atoms with Gasteiger partial charge in [-0.1, -0.05) is 0 Å². The van der Waals surface area contributed by atoms with Gasteiger partial charge < -0.3 is 15.8 Å². The molecule has 1 heterocycles. The van der Waals surface area contributed by atoms with E-state index in [1.54, 1.807) is 6.20 Å². The van der Waals surface area contributed by atoms with E-state index in [0.29, 0.717) is 6.61 Å². The van der Waals surface area contributed by atoms with Gasteiger partial charge in [-0.15, -0.1) is 0 Å². The Morgan fingerprint density at radius 3 is 3.00 bits per heavy atom. The Labute approximate surface area is 107 Å². The predicted molar refractivity (Wildman–Crippen MR) is 75.7 cm³/mol. The van der Waals surface area contributed by atoms with E-state index in [9.17, 15) is 0 Å². The van der Waals surface area contributed by atoms with E-state index in [4.69, 9.17) is 10.5 Å². The number of pyridine rings is 1. The lowest BCUT2D eigenvalue weighted by atomic mass is 10.1. The Morgan fingerprint density at radius 2 is 2.22 bits per heavy atom. The van der Waals surface area contributed by atoms with Crippen molar-refractivity contribution in [2.75, 3.05) is 24.3 Å². The van der Waals surface area contributed by atoms with Gasteiger partial charge in [-0.25, -0.2) is 0 Å². The SMILES string of the molecule is CCOCC(C)Nc1ccc2ncccc2c1N. The normalized spacial score (nSPS) is 12.6. The van der Waals surface area contributed by atoms with Crippen molar-refractivity contribution in [3.8, 4) is 0 Å². The summed E-state index contributed by atoms with van der Waals surface area (Å²) in [6.07, 6.45) is 1.77. The first kappa shape index (κ1) is 12.6. The van der Waals surface area contributed by atoms with Crippen LogP contribution in [0.2, 0.25) is 0 Å². The fraction of sp³-hybridized carbons (Fsp3) is 0.357. The maximum absolute atomic E-state index is 6.15. The number of nitrogens with two attached hydrogens (primary N) is 1. The van der Waals surface area contributed by atoms with Crippen LogP contribution >= 0.6 is 0 Å². The molecule has 1 aromatic carbocycles. The zero-order valence-electron chi connectivity index (χ0n) is 10.8. The zero-order chi connectivity index (χ0) is 13.0. The van der Waals surface area contributed by atoms with Crippen molar-refractivity contribution in [1.29, 1.82) is 0 Å². The molecule has 0 fully saturated rings. The fourth-order valence-corrected chi connectivity index (χ4v) is 1.90. The molecule has 1 atom stereocenters. The minimum Gasteiger partial charge on any atom is -0.397 e. The number of hydrogen-bond donors (Lipinski definition) is 2. The highest BCUT2D eigenvalue weighted by atomic mass is 16.5. The molecule has 4 nitrogen and oxygen atoms in total. The molecule has 0 amide bonds. The summed E-state index contributed by atoms with van der Waals surface area (Å²) in [6.45, 7) is 5.45. The second-order valence-electron chi connectivity index (χ2n) is 4.30. The van der Waals surface area contributed by atoms with E-state index in [0.717, 1.165) is 28.9 Å². The average molecular weight is 245 g/mol. The number of fused-ring (bicyclic) bond motifs is 1. The average Bonchev–Trinajstić information content (AvgIpc) is 2.40. The molecule has 96 valence electrons. The third-order valence-corrected chi connectivity index (χ3v) is 2.80. The van der Waals surface area contributed by atoms with E-state index in [2.05, 4.69) is 17.2 Å². The van der Waals surface area contributed by atoms with Crippen molar-refractivity contribution in [2.24, 2.45) is 0 Å². The smallest absolute Gasteiger partial charge is 0.0724 e. The zero-order valence-corrected chi connectivity index (χ0v) is 10.8. The van der Waals surface area contributed by atoms with E-state index >= 15 is 0 Å². The first-order valence-corrected chi connectivity index (χ1v) is 6.20. The number of hydrogen-bond acceptors (Lipinski definition) is 4. The quantitative estimate of drug-likeness (QED) is 0.795. The number of anilines is 2. The maximum atomic E-state index is 6.15. The lowest BCUT2D eigenvalue weighted by Crippen LogP contribution is -2.22. The molecule has 0 spiro atoms. The second kappa shape index (κ2) is 5.69. The van der Waals surface area contributed by atoms with Gasteiger partial charge in [-0.2, -0.15) is 0 Å². The fourth-order valence-electron chi connectivity index (χ4n) is 1.90. The second-order valence-corrected chi connectivity index (χ2v) is 4.30. The summed E-state index contributed by atoms with van der Waals surface area (Å²) in [7, 11) is 0. The van der Waals surface area contributed by atoms with Crippen LogP contribution in [0, 0.1) is 0 Å². The molecule has 0 saturated carbocycles. The number of nitrogens with zero attached hydrogens (tertiary/aromatic N) is 1. The Bertz CT molecular complexity index is 527. The molecule has 0 radical (unpaired) electrons. The Hall–Kier alpha value is -1.81. The van der Waals surface area contributed by atoms with Gasteiger partial charge in [0.15, 0.2) is 0 Å². The third-order valence-electron chi connectivity index (χ3n) is 2.80. The molecule has 2 rings (SSSR count). The summed E-state index contributed by atoms with van der Waals surface area (Å²) >= 11 is 0.